The summed E-state index contributed by atoms with van der Waals surface area (Å²) in [5.74, 6) is 2.32. The SMILES string of the molecule is COc1cccc(-c2cncc(-c3cn(C(C)C4CCCNC4)c4ccc(OC)cc34)c2)c1. The average Bonchev–Trinajstić information content (AvgIpc) is 3.27. The second kappa shape index (κ2) is 9.28. The molecular formula is C28H31N3O2. The molecule has 3 heterocycles. The molecule has 2 aromatic heterocycles. The number of benzene rings is 2. The second-order valence-electron chi connectivity index (χ2n) is 8.87. The van der Waals surface area contributed by atoms with Crippen LogP contribution >= 0.6 is 0 Å². The zero-order valence-corrected chi connectivity index (χ0v) is 19.5. The molecule has 1 aliphatic heterocycles. The van der Waals surface area contributed by atoms with Gasteiger partial charge in [-0.05, 0) is 80.7 Å². The first-order valence-corrected chi connectivity index (χ1v) is 11.7. The topological polar surface area (TPSA) is 48.3 Å². The van der Waals surface area contributed by atoms with Gasteiger partial charge in [-0.2, -0.15) is 0 Å². The Labute approximate surface area is 195 Å². The molecule has 5 heteroatoms. The Kier molecular flexibility index (Phi) is 6.05. The molecule has 0 aliphatic carbocycles. The van der Waals surface area contributed by atoms with Gasteiger partial charge in [0.05, 0.1) is 14.2 Å². The molecule has 5 nitrogen and oxygen atoms in total. The zero-order valence-electron chi connectivity index (χ0n) is 19.5. The van der Waals surface area contributed by atoms with Gasteiger partial charge in [0.2, 0.25) is 0 Å². The molecule has 5 rings (SSSR count). The predicted molar refractivity (Wildman–Crippen MR) is 134 cm³/mol. The van der Waals surface area contributed by atoms with Gasteiger partial charge in [-0.25, -0.2) is 0 Å². The predicted octanol–water partition coefficient (Wildman–Crippen LogP) is 5.95. The van der Waals surface area contributed by atoms with E-state index in [4.69, 9.17) is 9.47 Å². The highest BCUT2D eigenvalue weighted by Crippen LogP contribution is 2.38. The summed E-state index contributed by atoms with van der Waals surface area (Å²) in [5, 5.41) is 4.76. The molecule has 1 saturated heterocycles. The summed E-state index contributed by atoms with van der Waals surface area (Å²) in [6, 6.07) is 17.1. The number of fused-ring (bicyclic) bond motifs is 1. The minimum absolute atomic E-state index is 0.400. The van der Waals surface area contributed by atoms with Crippen molar-refractivity contribution in [2.75, 3.05) is 27.3 Å². The van der Waals surface area contributed by atoms with Crippen molar-refractivity contribution < 1.29 is 9.47 Å². The molecule has 2 atom stereocenters. The van der Waals surface area contributed by atoms with Gasteiger partial charge < -0.3 is 19.4 Å². The first kappa shape index (κ1) is 21.5. The third-order valence-electron chi connectivity index (χ3n) is 6.95. The van der Waals surface area contributed by atoms with E-state index >= 15 is 0 Å². The Morgan fingerprint density at radius 2 is 1.79 bits per heavy atom. The maximum absolute atomic E-state index is 5.57. The molecule has 1 aliphatic rings. The van der Waals surface area contributed by atoms with Crippen LogP contribution in [0.2, 0.25) is 0 Å². The lowest BCUT2D eigenvalue weighted by Gasteiger charge is -2.30. The summed E-state index contributed by atoms with van der Waals surface area (Å²) < 4.78 is 13.4. The molecule has 4 aromatic rings. The van der Waals surface area contributed by atoms with E-state index in [0.29, 0.717) is 12.0 Å². The van der Waals surface area contributed by atoms with Crippen molar-refractivity contribution in [3.05, 3.63) is 67.1 Å². The highest BCUT2D eigenvalue weighted by Gasteiger charge is 2.24. The molecular weight excluding hydrogens is 410 g/mol. The van der Waals surface area contributed by atoms with Gasteiger partial charge in [-0.1, -0.05) is 12.1 Å². The fourth-order valence-electron chi connectivity index (χ4n) is 4.99. The molecule has 1 fully saturated rings. The van der Waals surface area contributed by atoms with Crippen molar-refractivity contribution >= 4 is 10.9 Å². The number of nitrogens with one attached hydrogen (secondary N) is 1. The van der Waals surface area contributed by atoms with Crippen molar-refractivity contribution in [3.8, 4) is 33.8 Å². The van der Waals surface area contributed by atoms with Crippen LogP contribution in [0.4, 0.5) is 0 Å². The Bertz CT molecular complexity index is 1260. The lowest BCUT2D eigenvalue weighted by atomic mass is 9.92. The van der Waals surface area contributed by atoms with E-state index in [1.165, 1.54) is 29.3 Å². The molecule has 170 valence electrons. The number of methoxy groups -OCH3 is 2. The van der Waals surface area contributed by atoms with Crippen LogP contribution < -0.4 is 14.8 Å². The number of rotatable bonds is 6. The van der Waals surface area contributed by atoms with Crippen LogP contribution in [-0.2, 0) is 0 Å². The van der Waals surface area contributed by atoms with E-state index in [2.05, 4.69) is 58.3 Å². The van der Waals surface area contributed by atoms with Crippen LogP contribution in [0.1, 0.15) is 25.8 Å². The molecule has 2 aromatic carbocycles. The summed E-state index contributed by atoms with van der Waals surface area (Å²) in [7, 11) is 3.41. The average molecular weight is 442 g/mol. The van der Waals surface area contributed by atoms with Crippen LogP contribution in [0.25, 0.3) is 33.2 Å². The smallest absolute Gasteiger partial charge is 0.119 e. The number of aromatic nitrogens is 2. The van der Waals surface area contributed by atoms with E-state index in [1.807, 2.05) is 30.6 Å². The van der Waals surface area contributed by atoms with Gasteiger partial charge >= 0.3 is 0 Å². The van der Waals surface area contributed by atoms with E-state index in [9.17, 15) is 0 Å². The van der Waals surface area contributed by atoms with Gasteiger partial charge in [0.25, 0.3) is 0 Å². The molecule has 1 N–H and O–H groups in total. The van der Waals surface area contributed by atoms with Crippen LogP contribution in [0.15, 0.2) is 67.1 Å². The fourth-order valence-corrected chi connectivity index (χ4v) is 4.99. The minimum Gasteiger partial charge on any atom is -0.497 e. The molecule has 33 heavy (non-hydrogen) atoms. The lowest BCUT2D eigenvalue weighted by Crippen LogP contribution is -2.34. The summed E-state index contributed by atoms with van der Waals surface area (Å²) in [5.41, 5.74) is 5.67. The van der Waals surface area contributed by atoms with Crippen LogP contribution in [0, 0.1) is 5.92 Å². The summed E-state index contributed by atoms with van der Waals surface area (Å²) in [4.78, 5) is 4.59. The number of hydrogen-bond donors (Lipinski definition) is 1. The summed E-state index contributed by atoms with van der Waals surface area (Å²) >= 11 is 0. The Morgan fingerprint density at radius 1 is 0.970 bits per heavy atom. The third kappa shape index (κ3) is 4.21. The summed E-state index contributed by atoms with van der Waals surface area (Å²) in [6.45, 7) is 4.54. The second-order valence-corrected chi connectivity index (χ2v) is 8.87. The van der Waals surface area contributed by atoms with Crippen LogP contribution in [0.5, 0.6) is 11.5 Å². The van der Waals surface area contributed by atoms with Crippen LogP contribution in [-0.4, -0.2) is 36.9 Å². The first-order chi connectivity index (χ1) is 16.2. The largest absolute Gasteiger partial charge is 0.497 e. The van der Waals surface area contributed by atoms with Gasteiger partial charge in [0, 0.05) is 52.2 Å². The molecule has 0 spiro atoms. The number of ether oxygens (including phenoxy) is 2. The molecule has 0 saturated carbocycles. The van der Waals surface area contributed by atoms with E-state index in [-0.39, 0.29) is 0 Å². The van der Waals surface area contributed by atoms with Gasteiger partial charge in [0.15, 0.2) is 0 Å². The van der Waals surface area contributed by atoms with Crippen molar-refractivity contribution in [1.82, 2.24) is 14.9 Å². The standard InChI is InChI=1S/C28H31N3O2/c1-19(21-7-5-11-29-15-21)31-18-27(26-14-25(33-3)9-10-28(26)31)23-12-22(16-30-17-23)20-6-4-8-24(13-20)32-2/h4,6,8-10,12-14,16-19,21,29H,5,7,11,15H2,1-3H3. The van der Waals surface area contributed by atoms with E-state index in [0.717, 1.165) is 41.3 Å². The quantitative estimate of drug-likeness (QED) is 0.402. The number of nitrogens with zero attached hydrogens (tertiary/aromatic N) is 2. The van der Waals surface area contributed by atoms with Crippen molar-refractivity contribution in [1.29, 1.82) is 0 Å². The van der Waals surface area contributed by atoms with Gasteiger partial charge in [-0.15, -0.1) is 0 Å². The normalized spacial score (nSPS) is 17.1. The number of pyridine rings is 1. The number of hydrogen-bond acceptors (Lipinski definition) is 4. The Hall–Kier alpha value is -3.31. The molecule has 2 unspecified atom stereocenters. The fraction of sp³-hybridized carbons (Fsp3) is 0.321. The van der Waals surface area contributed by atoms with E-state index < -0.39 is 0 Å². The molecule has 0 bridgehead atoms. The molecule has 0 radical (unpaired) electrons. The number of piperidine rings is 1. The van der Waals surface area contributed by atoms with Crippen LogP contribution in [0.3, 0.4) is 0 Å². The maximum atomic E-state index is 5.57. The van der Waals surface area contributed by atoms with Crippen molar-refractivity contribution in [2.45, 2.75) is 25.8 Å². The highest BCUT2D eigenvalue weighted by atomic mass is 16.5. The van der Waals surface area contributed by atoms with E-state index in [1.54, 1.807) is 14.2 Å². The first-order valence-electron chi connectivity index (χ1n) is 11.7. The van der Waals surface area contributed by atoms with Gasteiger partial charge in [-0.3, -0.25) is 4.98 Å². The van der Waals surface area contributed by atoms with Gasteiger partial charge in [0.1, 0.15) is 11.5 Å². The highest BCUT2D eigenvalue weighted by molar-refractivity contribution is 5.97. The Balaban J connectivity index is 1.61. The monoisotopic (exact) mass is 441 g/mol. The minimum atomic E-state index is 0.400. The Morgan fingerprint density at radius 3 is 2.58 bits per heavy atom. The summed E-state index contributed by atoms with van der Waals surface area (Å²) in [6.07, 6.45) is 8.66. The van der Waals surface area contributed by atoms with Crippen molar-refractivity contribution in [2.24, 2.45) is 5.92 Å². The molecule has 0 amide bonds. The zero-order chi connectivity index (χ0) is 22.8. The van der Waals surface area contributed by atoms with Crippen molar-refractivity contribution in [3.63, 3.8) is 0 Å². The lowest BCUT2D eigenvalue weighted by molar-refractivity contribution is 0.284. The third-order valence-corrected chi connectivity index (χ3v) is 6.95. The maximum Gasteiger partial charge on any atom is 0.119 e.